The second kappa shape index (κ2) is 21.3. The summed E-state index contributed by atoms with van der Waals surface area (Å²) in [7, 11) is 0. The molecular formula is C32H52N12O11. The molecular weight excluding hydrogens is 728 g/mol. The lowest BCUT2D eigenvalue weighted by Crippen LogP contribution is -2.57. The number of aliphatic imine (C=N–C) groups is 1. The van der Waals surface area contributed by atoms with Crippen molar-refractivity contribution >= 4 is 59.2 Å². The number of hydrogen-bond acceptors (Lipinski definition) is 12. The van der Waals surface area contributed by atoms with Crippen LogP contribution in [-0.2, 0) is 43.2 Å². The molecule has 23 nitrogen and oxygen atoms in total. The third kappa shape index (κ3) is 13.0. The van der Waals surface area contributed by atoms with E-state index in [4.69, 9.17) is 22.3 Å². The van der Waals surface area contributed by atoms with Gasteiger partial charge in [-0.05, 0) is 51.4 Å². The van der Waals surface area contributed by atoms with Gasteiger partial charge in [0.05, 0.1) is 32.3 Å². The fraction of sp³-hybridized carbons (Fsp3) is 0.688. The number of likely N-dealkylation sites (tertiary alicyclic amines) is 3. The summed E-state index contributed by atoms with van der Waals surface area (Å²) in [5.41, 5.74) is 16.6. The molecule has 0 saturated carbocycles. The molecule has 3 rings (SSSR count). The molecule has 3 heterocycles. The second-order valence-corrected chi connectivity index (χ2v) is 13.3. The Morgan fingerprint density at radius 3 is 1.73 bits per heavy atom. The molecule has 0 bridgehead atoms. The van der Waals surface area contributed by atoms with Gasteiger partial charge in [-0.2, -0.15) is 0 Å². The molecule has 0 aromatic heterocycles. The van der Waals surface area contributed by atoms with Crippen molar-refractivity contribution < 1.29 is 53.4 Å². The van der Waals surface area contributed by atoms with Gasteiger partial charge < -0.3 is 68.7 Å². The molecule has 3 fully saturated rings. The number of nitrogens with one attached hydrogen (secondary N) is 5. The van der Waals surface area contributed by atoms with Crippen molar-refractivity contribution in [2.75, 3.05) is 59.0 Å². The molecule has 5 atom stereocenters. The standard InChI is InChI=1S/C32H52N12O11/c33-18(5-1-9-36-32(34)35)29(53)42-10-2-6-20(42)27(51)39-14-24(47)37-13-23(46)38-15-25(48)41-19(17-45)30(54)44-12-4-8-22(44)31(55)43-11-3-7-21(43)28(52)40-16-26(49)50/h18-22,45H,1-17,33H2,(H,37,47)(H,38,46)(H,39,51)(H,40,52)(H,41,48)(H,49,50)(H4,34,35,36)/t18-,19-,20-,21-,22-/m0/s1. The minimum Gasteiger partial charge on any atom is -0.480 e. The van der Waals surface area contributed by atoms with Crippen molar-refractivity contribution in [2.24, 2.45) is 22.2 Å². The zero-order valence-corrected chi connectivity index (χ0v) is 30.5. The summed E-state index contributed by atoms with van der Waals surface area (Å²) < 4.78 is 0. The summed E-state index contributed by atoms with van der Waals surface area (Å²) in [6.07, 6.45) is 3.25. The van der Waals surface area contributed by atoms with Gasteiger partial charge >= 0.3 is 5.97 Å². The molecule has 0 radical (unpaired) electrons. The fourth-order valence-electron chi connectivity index (χ4n) is 6.62. The van der Waals surface area contributed by atoms with Crippen LogP contribution in [0.25, 0.3) is 0 Å². The Balaban J connectivity index is 1.39. The van der Waals surface area contributed by atoms with E-state index in [1.165, 1.54) is 14.7 Å². The van der Waals surface area contributed by atoms with Crippen LogP contribution >= 0.6 is 0 Å². The first-order chi connectivity index (χ1) is 26.1. The molecule has 3 saturated heterocycles. The highest BCUT2D eigenvalue weighted by atomic mass is 16.4. The molecule has 0 spiro atoms. The van der Waals surface area contributed by atoms with E-state index in [0.717, 1.165) is 0 Å². The van der Waals surface area contributed by atoms with Crippen LogP contribution in [0.4, 0.5) is 0 Å². The number of amides is 8. The monoisotopic (exact) mass is 780 g/mol. The van der Waals surface area contributed by atoms with E-state index >= 15 is 0 Å². The number of aliphatic hydroxyl groups excluding tert-OH is 1. The van der Waals surface area contributed by atoms with E-state index < -0.39 is 116 Å². The van der Waals surface area contributed by atoms with Crippen molar-refractivity contribution in [3.63, 3.8) is 0 Å². The number of rotatable bonds is 19. The molecule has 0 aromatic carbocycles. The molecule has 0 aliphatic carbocycles. The van der Waals surface area contributed by atoms with Gasteiger partial charge in [-0.3, -0.25) is 48.1 Å². The number of carbonyl (C=O) groups is 9. The van der Waals surface area contributed by atoms with Crippen molar-refractivity contribution in [1.82, 2.24) is 41.3 Å². The fourth-order valence-corrected chi connectivity index (χ4v) is 6.62. The second-order valence-electron chi connectivity index (χ2n) is 13.3. The molecule has 8 amide bonds. The minimum absolute atomic E-state index is 0.0722. The highest BCUT2D eigenvalue weighted by Gasteiger charge is 2.43. The van der Waals surface area contributed by atoms with Crippen molar-refractivity contribution in [3.05, 3.63) is 0 Å². The van der Waals surface area contributed by atoms with Crippen LogP contribution in [0.3, 0.4) is 0 Å². The van der Waals surface area contributed by atoms with Gasteiger partial charge in [-0.25, -0.2) is 0 Å². The Morgan fingerprint density at radius 2 is 1.16 bits per heavy atom. The molecule has 13 N–H and O–H groups in total. The topological polar surface area (TPSA) is 354 Å². The van der Waals surface area contributed by atoms with Gasteiger partial charge in [0.15, 0.2) is 5.96 Å². The summed E-state index contributed by atoms with van der Waals surface area (Å²) in [5.74, 6) is -6.49. The van der Waals surface area contributed by atoms with Crippen LogP contribution < -0.4 is 43.8 Å². The zero-order valence-electron chi connectivity index (χ0n) is 30.5. The number of guanidine groups is 1. The Morgan fingerprint density at radius 1 is 0.673 bits per heavy atom. The number of aliphatic hydroxyl groups is 1. The number of hydrogen-bond donors (Lipinski definition) is 10. The predicted molar refractivity (Wildman–Crippen MR) is 191 cm³/mol. The maximum atomic E-state index is 13.4. The quantitative estimate of drug-likeness (QED) is 0.0331. The summed E-state index contributed by atoms with van der Waals surface area (Å²) in [5, 5.41) is 30.3. The first-order valence-corrected chi connectivity index (χ1v) is 18.1. The number of aliphatic carboxylic acids is 1. The van der Waals surface area contributed by atoms with Crippen LogP contribution in [-0.4, -0.2) is 173 Å². The van der Waals surface area contributed by atoms with E-state index in [2.05, 4.69) is 31.6 Å². The molecule has 3 aliphatic heterocycles. The molecule has 0 unspecified atom stereocenters. The molecule has 0 aromatic rings. The molecule has 55 heavy (non-hydrogen) atoms. The Hall–Kier alpha value is -5.58. The summed E-state index contributed by atoms with van der Waals surface area (Å²) in [6, 6.07) is -4.99. The lowest BCUT2D eigenvalue weighted by molar-refractivity contribution is -0.148. The van der Waals surface area contributed by atoms with Gasteiger partial charge in [0.1, 0.15) is 30.7 Å². The lowest BCUT2D eigenvalue weighted by Gasteiger charge is -2.32. The van der Waals surface area contributed by atoms with Gasteiger partial charge in [0.2, 0.25) is 47.3 Å². The van der Waals surface area contributed by atoms with Crippen LogP contribution in [0, 0.1) is 0 Å². The maximum absolute atomic E-state index is 13.4. The van der Waals surface area contributed by atoms with Gasteiger partial charge in [-0.15, -0.1) is 0 Å². The smallest absolute Gasteiger partial charge is 0.322 e. The van der Waals surface area contributed by atoms with Crippen molar-refractivity contribution in [3.8, 4) is 0 Å². The number of carboxylic acids is 1. The van der Waals surface area contributed by atoms with E-state index in [0.29, 0.717) is 58.0 Å². The normalized spacial score (nSPS) is 20.2. The Kier molecular flexibility index (Phi) is 17.0. The van der Waals surface area contributed by atoms with Crippen LogP contribution in [0.15, 0.2) is 4.99 Å². The first-order valence-electron chi connectivity index (χ1n) is 18.1. The van der Waals surface area contributed by atoms with Gasteiger partial charge in [-0.1, -0.05) is 0 Å². The maximum Gasteiger partial charge on any atom is 0.322 e. The highest BCUT2D eigenvalue weighted by Crippen LogP contribution is 2.26. The average Bonchev–Trinajstić information content (AvgIpc) is 3.95. The molecule has 23 heteroatoms. The third-order valence-corrected chi connectivity index (χ3v) is 9.33. The number of carboxylic acid groups (broad SMARTS) is 1. The summed E-state index contributed by atoms with van der Waals surface area (Å²) >= 11 is 0. The third-order valence-electron chi connectivity index (χ3n) is 9.33. The van der Waals surface area contributed by atoms with Crippen LogP contribution in [0.1, 0.15) is 51.4 Å². The SMILES string of the molecule is NC(N)=NCCC[C@H](N)C(=O)N1CCC[C@H]1C(=O)NCC(=O)NCC(=O)NCC(=O)N[C@@H](CO)C(=O)N1CCC[C@H]1C(=O)N1CCC[C@H]1C(=O)NCC(=O)O. The molecule has 306 valence electrons. The van der Waals surface area contributed by atoms with E-state index in [9.17, 15) is 48.3 Å². The number of nitrogens with zero attached hydrogens (tertiary/aromatic N) is 4. The van der Waals surface area contributed by atoms with Crippen LogP contribution in [0.2, 0.25) is 0 Å². The Labute approximate surface area is 316 Å². The van der Waals surface area contributed by atoms with Crippen molar-refractivity contribution in [1.29, 1.82) is 0 Å². The lowest BCUT2D eigenvalue weighted by atomic mass is 10.1. The Bertz CT molecular complexity index is 1490. The predicted octanol–water partition coefficient (Wildman–Crippen LogP) is -6.63. The number of nitrogens with two attached hydrogens (primary N) is 3. The summed E-state index contributed by atoms with van der Waals surface area (Å²) in [6.45, 7) is -2.09. The van der Waals surface area contributed by atoms with E-state index in [1.807, 2.05) is 0 Å². The van der Waals surface area contributed by atoms with Crippen LogP contribution in [0.5, 0.6) is 0 Å². The molecule has 3 aliphatic rings. The zero-order chi connectivity index (χ0) is 40.7. The number of carbonyl (C=O) groups excluding carboxylic acids is 8. The highest BCUT2D eigenvalue weighted by molar-refractivity contribution is 5.96. The van der Waals surface area contributed by atoms with Crippen molar-refractivity contribution in [2.45, 2.75) is 81.6 Å². The van der Waals surface area contributed by atoms with Gasteiger partial charge in [0.25, 0.3) is 0 Å². The van der Waals surface area contributed by atoms with Gasteiger partial charge in [0, 0.05) is 26.2 Å². The van der Waals surface area contributed by atoms with E-state index in [1.54, 1.807) is 0 Å². The largest absolute Gasteiger partial charge is 0.480 e. The first kappa shape index (κ1) is 43.8. The average molecular weight is 781 g/mol. The summed E-state index contributed by atoms with van der Waals surface area (Å²) in [4.78, 5) is 121. The minimum atomic E-state index is -1.45. The van der Waals surface area contributed by atoms with E-state index in [-0.39, 0.29) is 25.5 Å².